The van der Waals surface area contributed by atoms with E-state index in [1.807, 2.05) is 38.1 Å². The fourth-order valence-electron chi connectivity index (χ4n) is 3.35. The summed E-state index contributed by atoms with van der Waals surface area (Å²) < 4.78 is 10.7. The molecule has 1 aliphatic heterocycles. The van der Waals surface area contributed by atoms with Gasteiger partial charge >= 0.3 is 0 Å². The molecule has 2 amide bonds. The minimum atomic E-state index is -0.200. The maximum atomic E-state index is 12.9. The van der Waals surface area contributed by atoms with E-state index in [0.29, 0.717) is 37.6 Å². The summed E-state index contributed by atoms with van der Waals surface area (Å²) in [7, 11) is 0. The fourth-order valence-corrected chi connectivity index (χ4v) is 4.15. The van der Waals surface area contributed by atoms with E-state index in [1.165, 1.54) is 11.3 Å². The lowest BCUT2D eigenvalue weighted by Gasteiger charge is -2.33. The molecule has 0 bridgehead atoms. The first-order chi connectivity index (χ1) is 14.9. The van der Waals surface area contributed by atoms with E-state index in [9.17, 15) is 9.59 Å². The highest BCUT2D eigenvalue weighted by Gasteiger charge is 2.28. The lowest BCUT2D eigenvalue weighted by Crippen LogP contribution is -2.50. The Hall–Kier alpha value is -3.20. The first-order valence-corrected chi connectivity index (χ1v) is 11.0. The zero-order valence-corrected chi connectivity index (χ0v) is 18.5. The Morgan fingerprint density at radius 1 is 1.06 bits per heavy atom. The molecule has 4 rings (SSSR count). The predicted octanol–water partition coefficient (Wildman–Crippen LogP) is 3.49. The molecule has 1 fully saturated rings. The summed E-state index contributed by atoms with van der Waals surface area (Å²) in [6.07, 6.45) is 0.116. The van der Waals surface area contributed by atoms with Gasteiger partial charge in [-0.15, -0.1) is 11.3 Å². The second-order valence-corrected chi connectivity index (χ2v) is 8.50. The van der Waals surface area contributed by atoms with Gasteiger partial charge in [-0.2, -0.15) is 0 Å². The number of carbonyl (C=O) groups excluding carboxylic acids is 2. The summed E-state index contributed by atoms with van der Waals surface area (Å²) in [5.74, 6) is 0.712. The molecular weight excluding hydrogens is 416 g/mol. The van der Waals surface area contributed by atoms with E-state index < -0.39 is 0 Å². The lowest BCUT2D eigenvalue weighted by molar-refractivity contribution is 0.0510. The van der Waals surface area contributed by atoms with Gasteiger partial charge in [0.25, 0.3) is 11.8 Å². The van der Waals surface area contributed by atoms with Crippen LogP contribution in [0.2, 0.25) is 0 Å². The second-order valence-electron chi connectivity index (χ2n) is 7.65. The highest BCUT2D eigenvalue weighted by Crippen LogP contribution is 2.27. The molecule has 9 heteroatoms. The highest BCUT2D eigenvalue weighted by molar-refractivity contribution is 7.13. The van der Waals surface area contributed by atoms with Crippen molar-refractivity contribution in [1.29, 1.82) is 0 Å². The smallest absolute Gasteiger partial charge is 0.292 e. The number of aromatic nitrogens is 2. The number of carbonyl (C=O) groups is 2. The molecule has 0 N–H and O–H groups in total. The summed E-state index contributed by atoms with van der Waals surface area (Å²) in [6.45, 7) is 7.52. The Morgan fingerprint density at radius 2 is 1.71 bits per heavy atom. The number of piperazine rings is 1. The average Bonchev–Trinajstić information content (AvgIpc) is 3.42. The summed E-state index contributed by atoms with van der Waals surface area (Å²) in [5, 5.41) is 6.33. The van der Waals surface area contributed by atoms with E-state index in [-0.39, 0.29) is 23.7 Å². The zero-order chi connectivity index (χ0) is 22.0. The van der Waals surface area contributed by atoms with Crippen LogP contribution in [0.15, 0.2) is 40.2 Å². The van der Waals surface area contributed by atoms with Crippen molar-refractivity contribution in [2.45, 2.75) is 26.9 Å². The number of nitrogens with zero attached hydrogens (tertiary/aromatic N) is 4. The number of aryl methyl sites for hydroxylation is 1. The van der Waals surface area contributed by atoms with Gasteiger partial charge in [0.05, 0.1) is 11.8 Å². The maximum absolute atomic E-state index is 12.9. The molecule has 3 aromatic rings. The summed E-state index contributed by atoms with van der Waals surface area (Å²) >= 11 is 1.44. The van der Waals surface area contributed by atoms with Crippen molar-refractivity contribution in [2.24, 2.45) is 0 Å². The van der Waals surface area contributed by atoms with Crippen molar-refractivity contribution in [3.8, 4) is 16.3 Å². The number of ether oxygens (including phenoxy) is 1. The Balaban J connectivity index is 1.36. The van der Waals surface area contributed by atoms with Crippen LogP contribution < -0.4 is 4.74 Å². The SMILES string of the molecule is Cc1cc(C(=O)N2CCN(C(=O)c3csc(-c4ccc(OC(C)C)cc4)n3)CC2)on1. The van der Waals surface area contributed by atoms with Crippen LogP contribution in [0.25, 0.3) is 10.6 Å². The molecule has 162 valence electrons. The van der Waals surface area contributed by atoms with E-state index in [2.05, 4.69) is 10.1 Å². The normalized spacial score (nSPS) is 14.2. The third-order valence-corrected chi connectivity index (χ3v) is 5.78. The minimum absolute atomic E-state index is 0.116. The quantitative estimate of drug-likeness (QED) is 0.603. The Kier molecular flexibility index (Phi) is 6.03. The average molecular weight is 441 g/mol. The standard InChI is InChI=1S/C22H24N4O4S/c1-14(2)29-17-6-4-16(5-7-17)20-23-18(13-31-20)21(27)25-8-10-26(11-9-25)22(28)19-12-15(3)24-30-19/h4-7,12-14H,8-11H2,1-3H3. The molecule has 0 saturated carbocycles. The van der Waals surface area contributed by atoms with Crippen LogP contribution in [0, 0.1) is 6.92 Å². The molecule has 1 aliphatic rings. The molecule has 1 saturated heterocycles. The summed E-state index contributed by atoms with van der Waals surface area (Å²) in [4.78, 5) is 33.3. The van der Waals surface area contributed by atoms with Gasteiger partial charge in [0.2, 0.25) is 5.76 Å². The summed E-state index contributed by atoms with van der Waals surface area (Å²) in [6, 6.07) is 9.33. The molecule has 0 radical (unpaired) electrons. The minimum Gasteiger partial charge on any atom is -0.491 e. The van der Waals surface area contributed by atoms with Gasteiger partial charge in [0, 0.05) is 43.2 Å². The Bertz CT molecular complexity index is 1070. The van der Waals surface area contributed by atoms with Gasteiger partial charge in [-0.3, -0.25) is 9.59 Å². The fraction of sp³-hybridized carbons (Fsp3) is 0.364. The van der Waals surface area contributed by atoms with Gasteiger partial charge in [-0.1, -0.05) is 5.16 Å². The van der Waals surface area contributed by atoms with Crippen molar-refractivity contribution in [1.82, 2.24) is 19.9 Å². The van der Waals surface area contributed by atoms with Crippen LogP contribution in [-0.4, -0.2) is 64.0 Å². The number of amides is 2. The van der Waals surface area contributed by atoms with Crippen LogP contribution in [0.3, 0.4) is 0 Å². The summed E-state index contributed by atoms with van der Waals surface area (Å²) in [5.41, 5.74) is 2.03. The van der Waals surface area contributed by atoms with Crippen molar-refractivity contribution < 1.29 is 18.8 Å². The first kappa shape index (κ1) is 21.0. The van der Waals surface area contributed by atoms with Crippen LogP contribution in [0.1, 0.15) is 40.6 Å². The van der Waals surface area contributed by atoms with E-state index >= 15 is 0 Å². The molecule has 2 aromatic heterocycles. The molecule has 0 aliphatic carbocycles. The predicted molar refractivity (Wildman–Crippen MR) is 116 cm³/mol. The van der Waals surface area contributed by atoms with Crippen LogP contribution >= 0.6 is 11.3 Å². The van der Waals surface area contributed by atoms with Gasteiger partial charge in [0.15, 0.2) is 0 Å². The number of hydrogen-bond donors (Lipinski definition) is 0. The van der Waals surface area contributed by atoms with Crippen LogP contribution in [0.5, 0.6) is 5.75 Å². The maximum Gasteiger partial charge on any atom is 0.292 e. The highest BCUT2D eigenvalue weighted by atomic mass is 32.1. The molecule has 0 spiro atoms. The largest absolute Gasteiger partial charge is 0.491 e. The lowest BCUT2D eigenvalue weighted by atomic mass is 10.2. The topological polar surface area (TPSA) is 88.8 Å². The third kappa shape index (κ3) is 4.77. The molecule has 3 heterocycles. The van der Waals surface area contributed by atoms with Gasteiger partial charge < -0.3 is 19.1 Å². The number of hydrogen-bond acceptors (Lipinski definition) is 7. The Morgan fingerprint density at radius 3 is 2.29 bits per heavy atom. The van der Waals surface area contributed by atoms with Gasteiger partial charge in [-0.25, -0.2) is 4.98 Å². The van der Waals surface area contributed by atoms with Gasteiger partial charge in [-0.05, 0) is 45.0 Å². The molecule has 1 aromatic carbocycles. The van der Waals surface area contributed by atoms with Gasteiger partial charge in [0.1, 0.15) is 16.5 Å². The second kappa shape index (κ2) is 8.89. The number of rotatable bonds is 5. The molecule has 8 nitrogen and oxygen atoms in total. The molecule has 0 atom stereocenters. The first-order valence-electron chi connectivity index (χ1n) is 10.1. The number of thiazole rings is 1. The van der Waals surface area contributed by atoms with Crippen molar-refractivity contribution in [3.05, 3.63) is 52.9 Å². The van der Waals surface area contributed by atoms with Crippen molar-refractivity contribution in [3.63, 3.8) is 0 Å². The number of benzene rings is 1. The van der Waals surface area contributed by atoms with Crippen molar-refractivity contribution >= 4 is 23.2 Å². The van der Waals surface area contributed by atoms with Crippen LogP contribution in [0.4, 0.5) is 0 Å². The molecule has 31 heavy (non-hydrogen) atoms. The third-order valence-electron chi connectivity index (χ3n) is 4.89. The van der Waals surface area contributed by atoms with Crippen LogP contribution in [-0.2, 0) is 0 Å². The molecular formula is C22H24N4O4S. The zero-order valence-electron chi connectivity index (χ0n) is 17.7. The van der Waals surface area contributed by atoms with E-state index in [4.69, 9.17) is 9.26 Å². The van der Waals surface area contributed by atoms with E-state index in [0.717, 1.165) is 16.3 Å². The van der Waals surface area contributed by atoms with E-state index in [1.54, 1.807) is 28.2 Å². The molecule has 0 unspecified atom stereocenters. The van der Waals surface area contributed by atoms with Crippen molar-refractivity contribution in [2.75, 3.05) is 26.2 Å². The monoisotopic (exact) mass is 440 g/mol. The Labute approximate surface area is 184 Å².